The Labute approximate surface area is 82.2 Å². The fourth-order valence-electron chi connectivity index (χ4n) is 1.07. The fourth-order valence-corrected chi connectivity index (χ4v) is 1.07. The molecule has 0 aromatic heterocycles. The molecule has 0 amide bonds. The molecule has 3 N–H and O–H groups in total. The topological polar surface area (TPSA) is 59.1 Å². The highest BCUT2D eigenvalue weighted by Crippen LogP contribution is 2.20. The van der Waals surface area contributed by atoms with Crippen LogP contribution in [0.5, 0.6) is 5.75 Å². The van der Waals surface area contributed by atoms with Crippen molar-refractivity contribution in [3.63, 3.8) is 0 Å². The minimum absolute atomic E-state index is 0.0291. The number of benzene rings is 1. The summed E-state index contributed by atoms with van der Waals surface area (Å²) in [5.74, 6) is -0.180. The molecule has 0 aliphatic rings. The first-order valence-electron chi connectivity index (χ1n) is 4.31. The lowest BCUT2D eigenvalue weighted by molar-refractivity contribution is 0.241. The first-order valence-corrected chi connectivity index (χ1v) is 4.31. The van der Waals surface area contributed by atoms with Gasteiger partial charge in [0.1, 0.15) is 17.4 Å². The van der Waals surface area contributed by atoms with Crippen molar-refractivity contribution in [2.45, 2.75) is 20.0 Å². The van der Waals surface area contributed by atoms with Crippen LogP contribution in [0.4, 0.5) is 4.39 Å². The second kappa shape index (κ2) is 4.09. The molecule has 0 saturated carbocycles. The molecular formula is C10H13FN2O. The van der Waals surface area contributed by atoms with Gasteiger partial charge in [0.2, 0.25) is 0 Å². The van der Waals surface area contributed by atoms with Crippen LogP contribution in [-0.4, -0.2) is 11.9 Å². The number of rotatable bonds is 3. The molecule has 4 heteroatoms. The van der Waals surface area contributed by atoms with Crippen molar-refractivity contribution in [3.05, 3.63) is 29.6 Å². The molecule has 0 bridgehead atoms. The number of ether oxygens (including phenoxy) is 1. The van der Waals surface area contributed by atoms with Gasteiger partial charge in [0.15, 0.2) is 0 Å². The maximum atomic E-state index is 12.8. The van der Waals surface area contributed by atoms with Crippen molar-refractivity contribution in [2.75, 3.05) is 0 Å². The third-order valence-electron chi connectivity index (χ3n) is 1.59. The number of amidine groups is 1. The molecule has 0 heterocycles. The maximum absolute atomic E-state index is 12.8. The summed E-state index contributed by atoms with van der Waals surface area (Å²) >= 11 is 0. The lowest BCUT2D eigenvalue weighted by atomic mass is 10.2. The molecule has 76 valence electrons. The minimum atomic E-state index is -0.425. The molecule has 0 atom stereocenters. The van der Waals surface area contributed by atoms with Crippen molar-refractivity contribution in [1.29, 1.82) is 5.41 Å². The Hall–Kier alpha value is -1.58. The molecule has 14 heavy (non-hydrogen) atoms. The van der Waals surface area contributed by atoms with Crippen LogP contribution in [0.25, 0.3) is 0 Å². The highest BCUT2D eigenvalue weighted by molar-refractivity contribution is 5.97. The van der Waals surface area contributed by atoms with Crippen molar-refractivity contribution in [1.82, 2.24) is 0 Å². The summed E-state index contributed by atoms with van der Waals surface area (Å²) in [4.78, 5) is 0. The van der Waals surface area contributed by atoms with E-state index in [0.29, 0.717) is 11.3 Å². The Kier molecular flexibility index (Phi) is 3.06. The third kappa shape index (κ3) is 2.45. The van der Waals surface area contributed by atoms with Crippen LogP contribution in [0.15, 0.2) is 18.2 Å². The highest BCUT2D eigenvalue weighted by Gasteiger charge is 2.09. The average molecular weight is 196 g/mol. The van der Waals surface area contributed by atoms with Gasteiger partial charge in [0.05, 0.1) is 11.7 Å². The normalized spacial score (nSPS) is 10.3. The van der Waals surface area contributed by atoms with Crippen LogP contribution >= 0.6 is 0 Å². The van der Waals surface area contributed by atoms with E-state index in [0.717, 1.165) is 0 Å². The van der Waals surface area contributed by atoms with Gasteiger partial charge >= 0.3 is 0 Å². The molecule has 0 aliphatic carbocycles. The smallest absolute Gasteiger partial charge is 0.130 e. The molecule has 1 aromatic rings. The first kappa shape index (κ1) is 10.5. The molecule has 3 nitrogen and oxygen atoms in total. The zero-order valence-corrected chi connectivity index (χ0v) is 8.17. The predicted octanol–water partition coefficient (Wildman–Crippen LogP) is 1.90. The molecule has 0 saturated heterocycles. The van der Waals surface area contributed by atoms with E-state index in [1.165, 1.54) is 18.2 Å². The third-order valence-corrected chi connectivity index (χ3v) is 1.59. The van der Waals surface area contributed by atoms with Gasteiger partial charge in [-0.1, -0.05) is 0 Å². The molecule has 0 fully saturated rings. The Morgan fingerprint density at radius 1 is 1.50 bits per heavy atom. The molecule has 0 aliphatic heterocycles. The highest BCUT2D eigenvalue weighted by atomic mass is 19.1. The zero-order valence-electron chi connectivity index (χ0n) is 8.17. The predicted molar refractivity (Wildman–Crippen MR) is 53.2 cm³/mol. The molecule has 0 spiro atoms. The lowest BCUT2D eigenvalue weighted by Gasteiger charge is -2.13. The largest absolute Gasteiger partial charge is 0.490 e. The molecule has 0 radical (unpaired) electrons. The van der Waals surface area contributed by atoms with Gasteiger partial charge in [-0.05, 0) is 32.0 Å². The fraction of sp³-hybridized carbons (Fsp3) is 0.300. The number of nitrogens with one attached hydrogen (secondary N) is 1. The first-order chi connectivity index (χ1) is 6.50. The van der Waals surface area contributed by atoms with Crippen molar-refractivity contribution in [2.24, 2.45) is 5.73 Å². The standard InChI is InChI=1S/C10H13FN2O/c1-6(2)14-9-4-3-7(11)5-8(9)10(12)13/h3-6H,1-2H3,(H3,12,13). The molecule has 0 unspecified atom stereocenters. The van der Waals surface area contributed by atoms with Gasteiger partial charge < -0.3 is 10.5 Å². The molecule has 1 rings (SSSR count). The van der Waals surface area contributed by atoms with Crippen molar-refractivity contribution >= 4 is 5.84 Å². The van der Waals surface area contributed by atoms with Crippen molar-refractivity contribution < 1.29 is 9.13 Å². The van der Waals surface area contributed by atoms with Crippen LogP contribution in [0, 0.1) is 11.2 Å². The summed E-state index contributed by atoms with van der Waals surface area (Å²) in [6.45, 7) is 3.71. The summed E-state index contributed by atoms with van der Waals surface area (Å²) in [5, 5.41) is 7.25. The number of hydrogen-bond donors (Lipinski definition) is 2. The lowest BCUT2D eigenvalue weighted by Crippen LogP contribution is -2.15. The van der Waals surface area contributed by atoms with E-state index in [1.807, 2.05) is 13.8 Å². The van der Waals surface area contributed by atoms with E-state index in [-0.39, 0.29) is 11.9 Å². The Bertz CT molecular complexity index is 350. The average Bonchev–Trinajstić information content (AvgIpc) is 2.07. The van der Waals surface area contributed by atoms with Crippen LogP contribution in [0.2, 0.25) is 0 Å². The summed E-state index contributed by atoms with van der Waals surface area (Å²) in [6, 6.07) is 3.95. The summed E-state index contributed by atoms with van der Waals surface area (Å²) in [5.41, 5.74) is 5.59. The molecular weight excluding hydrogens is 183 g/mol. The monoisotopic (exact) mass is 196 g/mol. The number of nitrogen functional groups attached to an aromatic ring is 1. The van der Waals surface area contributed by atoms with Gasteiger partial charge in [-0.3, -0.25) is 5.41 Å². The number of halogens is 1. The van der Waals surface area contributed by atoms with E-state index in [1.54, 1.807) is 0 Å². The van der Waals surface area contributed by atoms with Crippen LogP contribution < -0.4 is 10.5 Å². The van der Waals surface area contributed by atoms with Gasteiger partial charge in [0, 0.05) is 0 Å². The van der Waals surface area contributed by atoms with Gasteiger partial charge in [-0.2, -0.15) is 0 Å². The Balaban J connectivity index is 3.08. The van der Waals surface area contributed by atoms with E-state index < -0.39 is 5.82 Å². The van der Waals surface area contributed by atoms with E-state index in [4.69, 9.17) is 15.9 Å². The van der Waals surface area contributed by atoms with Gasteiger partial charge in [0.25, 0.3) is 0 Å². The molecule has 1 aromatic carbocycles. The van der Waals surface area contributed by atoms with Crippen LogP contribution in [0.3, 0.4) is 0 Å². The van der Waals surface area contributed by atoms with Crippen molar-refractivity contribution in [3.8, 4) is 5.75 Å². The summed E-state index contributed by atoms with van der Waals surface area (Å²) < 4.78 is 18.2. The minimum Gasteiger partial charge on any atom is -0.490 e. The maximum Gasteiger partial charge on any atom is 0.130 e. The second-order valence-electron chi connectivity index (χ2n) is 3.22. The second-order valence-corrected chi connectivity index (χ2v) is 3.22. The zero-order chi connectivity index (χ0) is 10.7. The number of hydrogen-bond acceptors (Lipinski definition) is 2. The van der Waals surface area contributed by atoms with Crippen LogP contribution in [0.1, 0.15) is 19.4 Å². The summed E-state index contributed by atoms with van der Waals surface area (Å²) in [7, 11) is 0. The quantitative estimate of drug-likeness (QED) is 0.573. The van der Waals surface area contributed by atoms with E-state index in [2.05, 4.69) is 0 Å². The van der Waals surface area contributed by atoms with Crippen LogP contribution in [-0.2, 0) is 0 Å². The Morgan fingerprint density at radius 3 is 2.64 bits per heavy atom. The Morgan fingerprint density at radius 2 is 2.14 bits per heavy atom. The summed E-state index contributed by atoms with van der Waals surface area (Å²) in [6.07, 6.45) is -0.0291. The van der Waals surface area contributed by atoms with E-state index >= 15 is 0 Å². The SMILES string of the molecule is CC(C)Oc1ccc(F)cc1C(=N)N. The van der Waals surface area contributed by atoms with Gasteiger partial charge in [-0.15, -0.1) is 0 Å². The number of nitrogens with two attached hydrogens (primary N) is 1. The van der Waals surface area contributed by atoms with Gasteiger partial charge in [-0.25, -0.2) is 4.39 Å². The van der Waals surface area contributed by atoms with E-state index in [9.17, 15) is 4.39 Å².